The molecule has 3 heterocycles. The van der Waals surface area contributed by atoms with Crippen LogP contribution in [0.5, 0.6) is 0 Å². The van der Waals surface area contributed by atoms with Crippen molar-refractivity contribution < 1.29 is 36.7 Å². The predicted molar refractivity (Wildman–Crippen MR) is 84.5 cm³/mol. The lowest BCUT2D eigenvalue weighted by atomic mass is 9.96. The van der Waals surface area contributed by atoms with Crippen molar-refractivity contribution in [3.05, 3.63) is 0 Å². The fourth-order valence-corrected chi connectivity index (χ4v) is 4.11. The zero-order chi connectivity index (χ0) is 19.1. The number of nitrogens with zero attached hydrogens (tertiary/aromatic N) is 2. The second-order valence-corrected chi connectivity index (χ2v) is 7.77. The smallest absolute Gasteiger partial charge is 0.396 e. The van der Waals surface area contributed by atoms with E-state index < -0.39 is 34.1 Å². The van der Waals surface area contributed by atoms with Crippen molar-refractivity contribution in [2.24, 2.45) is 11.7 Å². The molecule has 3 saturated heterocycles. The van der Waals surface area contributed by atoms with E-state index in [9.17, 15) is 23.1 Å². The molecule has 26 heavy (non-hydrogen) atoms. The topological polar surface area (TPSA) is 172 Å². The van der Waals surface area contributed by atoms with Crippen LogP contribution in [0.4, 0.5) is 4.79 Å². The summed E-state index contributed by atoms with van der Waals surface area (Å²) in [5, 5.41) is 12.9. The molecule has 5 N–H and O–H groups in total. The Morgan fingerprint density at radius 1 is 1.46 bits per heavy atom. The van der Waals surface area contributed by atoms with Crippen molar-refractivity contribution in [1.29, 1.82) is 0 Å². The fourth-order valence-electron chi connectivity index (χ4n) is 3.72. The van der Waals surface area contributed by atoms with Gasteiger partial charge in [0.25, 0.3) is 5.91 Å². The van der Waals surface area contributed by atoms with Crippen LogP contribution < -0.4 is 11.1 Å². The van der Waals surface area contributed by atoms with Gasteiger partial charge < -0.3 is 20.9 Å². The highest BCUT2D eigenvalue weighted by molar-refractivity contribution is 7.80. The highest BCUT2D eigenvalue weighted by Crippen LogP contribution is 2.38. The van der Waals surface area contributed by atoms with Crippen LogP contribution in [0.3, 0.4) is 0 Å². The number of primary amides is 1. The molecule has 12 nitrogen and oxygen atoms in total. The summed E-state index contributed by atoms with van der Waals surface area (Å²) in [6, 6.07) is -1.68. The van der Waals surface area contributed by atoms with Gasteiger partial charge in [-0.2, -0.15) is 13.5 Å². The number of aliphatic hydroxyl groups excluding tert-OH is 1. The van der Waals surface area contributed by atoms with Crippen LogP contribution >= 0.6 is 0 Å². The number of nitrogens with two attached hydrogens (primary N) is 1. The maximum atomic E-state index is 12.5. The van der Waals surface area contributed by atoms with Crippen molar-refractivity contribution >= 4 is 22.3 Å². The third-order valence-corrected chi connectivity index (χ3v) is 5.40. The van der Waals surface area contributed by atoms with E-state index in [4.69, 9.17) is 15.0 Å². The summed E-state index contributed by atoms with van der Waals surface area (Å²) in [6.07, 6.45) is 0.929. The van der Waals surface area contributed by atoms with Gasteiger partial charge in [0.2, 0.25) is 5.72 Å². The van der Waals surface area contributed by atoms with Gasteiger partial charge in [0.1, 0.15) is 0 Å². The first-order valence-electron chi connectivity index (χ1n) is 8.22. The average molecular weight is 394 g/mol. The van der Waals surface area contributed by atoms with E-state index >= 15 is 0 Å². The molecule has 0 saturated carbocycles. The number of carbonyl (C=O) groups is 2. The first-order chi connectivity index (χ1) is 12.2. The third-order valence-electron chi connectivity index (χ3n) is 5.05. The Kier molecular flexibility index (Phi) is 5.11. The Morgan fingerprint density at radius 3 is 2.77 bits per heavy atom. The zero-order valence-corrected chi connectivity index (χ0v) is 14.7. The number of hydrogen-bond acceptors (Lipinski definition) is 8. The molecule has 148 valence electrons. The van der Waals surface area contributed by atoms with E-state index in [-0.39, 0.29) is 44.6 Å². The summed E-state index contributed by atoms with van der Waals surface area (Å²) in [6.45, 7) is 0.731. The van der Waals surface area contributed by atoms with E-state index in [0.717, 1.165) is 4.90 Å². The number of fused-ring (bicyclic) bond motifs is 2. The second kappa shape index (κ2) is 6.90. The predicted octanol–water partition coefficient (Wildman–Crippen LogP) is -2.21. The highest BCUT2D eigenvalue weighted by atomic mass is 32.3. The number of piperidine rings is 1. The molecule has 13 heteroatoms. The molecule has 2 bridgehead atoms. The van der Waals surface area contributed by atoms with Crippen molar-refractivity contribution in [3.63, 3.8) is 0 Å². The van der Waals surface area contributed by atoms with Crippen LogP contribution in [0.15, 0.2) is 0 Å². The van der Waals surface area contributed by atoms with Crippen molar-refractivity contribution in [2.75, 3.05) is 26.3 Å². The number of ether oxygens (including phenoxy) is 1. The third kappa shape index (κ3) is 3.50. The minimum atomic E-state index is -4.88. The molecule has 0 aromatic heterocycles. The lowest BCUT2D eigenvalue weighted by Gasteiger charge is -2.40. The number of rotatable bonds is 7. The number of amides is 3. The summed E-state index contributed by atoms with van der Waals surface area (Å²) >= 11 is 0. The zero-order valence-electron chi connectivity index (χ0n) is 13.9. The number of nitrogens with one attached hydrogen (secondary N) is 1. The largest absolute Gasteiger partial charge is 0.418 e. The summed E-state index contributed by atoms with van der Waals surface area (Å²) < 4.78 is 40.8. The van der Waals surface area contributed by atoms with Crippen molar-refractivity contribution in [1.82, 2.24) is 15.3 Å². The van der Waals surface area contributed by atoms with Gasteiger partial charge in [-0.05, 0) is 18.8 Å². The van der Waals surface area contributed by atoms with E-state index in [2.05, 4.69) is 9.60 Å². The summed E-state index contributed by atoms with van der Waals surface area (Å²) in [7, 11) is -4.88. The molecule has 3 aliphatic heterocycles. The molecule has 3 fully saturated rings. The molecule has 0 aromatic rings. The van der Waals surface area contributed by atoms with Gasteiger partial charge in [-0.1, -0.05) is 0 Å². The van der Waals surface area contributed by atoms with E-state index in [1.54, 1.807) is 0 Å². The van der Waals surface area contributed by atoms with Crippen LogP contribution in [-0.2, 0) is 24.2 Å². The maximum absolute atomic E-state index is 12.5. The number of hydroxylamine groups is 2. The first-order valence-corrected chi connectivity index (χ1v) is 9.59. The molecule has 0 aromatic carbocycles. The lowest BCUT2D eigenvalue weighted by molar-refractivity contribution is -0.175. The quantitative estimate of drug-likeness (QED) is 0.349. The van der Waals surface area contributed by atoms with E-state index in [1.165, 1.54) is 0 Å². The second-order valence-electron chi connectivity index (χ2n) is 6.76. The molecule has 3 amide bonds. The van der Waals surface area contributed by atoms with Crippen LogP contribution in [0.1, 0.15) is 19.3 Å². The van der Waals surface area contributed by atoms with Gasteiger partial charge in [0.05, 0.1) is 12.6 Å². The monoisotopic (exact) mass is 394 g/mol. The van der Waals surface area contributed by atoms with Gasteiger partial charge in [0, 0.05) is 32.2 Å². The Morgan fingerprint density at radius 2 is 2.19 bits per heavy atom. The Labute approximate surface area is 150 Å². The SMILES string of the molecule is NC(=O)C1(OC[C@H]2C[C@H](CO)CN2)CCC2CN1C(=O)N2OS(=O)(=O)O. The normalized spacial score (nSPS) is 34.5. The average Bonchev–Trinajstić information content (AvgIpc) is 3.12. The van der Waals surface area contributed by atoms with Crippen molar-refractivity contribution in [2.45, 2.75) is 37.1 Å². The van der Waals surface area contributed by atoms with Gasteiger partial charge in [-0.3, -0.25) is 14.2 Å². The number of aliphatic hydroxyl groups is 1. The molecule has 0 spiro atoms. The minimum Gasteiger partial charge on any atom is -0.396 e. The maximum Gasteiger partial charge on any atom is 0.418 e. The molecule has 0 radical (unpaired) electrons. The Hall–Kier alpha value is -1.51. The lowest BCUT2D eigenvalue weighted by Crippen LogP contribution is -2.62. The van der Waals surface area contributed by atoms with Gasteiger partial charge in [0.15, 0.2) is 0 Å². The molecule has 3 rings (SSSR count). The van der Waals surface area contributed by atoms with Gasteiger partial charge in [-0.15, -0.1) is 4.28 Å². The van der Waals surface area contributed by atoms with Crippen LogP contribution in [0, 0.1) is 5.92 Å². The summed E-state index contributed by atoms with van der Waals surface area (Å²) in [4.78, 5) is 25.7. The summed E-state index contributed by atoms with van der Waals surface area (Å²) in [5.41, 5.74) is 3.80. The van der Waals surface area contributed by atoms with Gasteiger partial charge >= 0.3 is 16.4 Å². The fraction of sp³-hybridized carbons (Fsp3) is 0.846. The molecule has 0 aliphatic carbocycles. The number of hydrogen-bond donors (Lipinski definition) is 4. The number of urea groups is 1. The van der Waals surface area contributed by atoms with Gasteiger partial charge in [-0.25, -0.2) is 4.79 Å². The highest BCUT2D eigenvalue weighted by Gasteiger charge is 2.58. The van der Waals surface area contributed by atoms with Crippen LogP contribution in [-0.4, -0.2) is 84.1 Å². The van der Waals surface area contributed by atoms with Crippen molar-refractivity contribution in [3.8, 4) is 0 Å². The van der Waals surface area contributed by atoms with E-state index in [1.807, 2.05) is 0 Å². The van der Waals surface area contributed by atoms with E-state index in [0.29, 0.717) is 18.0 Å². The molecular formula is C13H22N4O8S. The minimum absolute atomic E-state index is 0.0192. The molecule has 4 atom stereocenters. The first kappa shape index (κ1) is 19.3. The Balaban J connectivity index is 1.74. The molecule has 3 aliphatic rings. The standard InChI is InChI=1S/C13H22N4O8S/c14-11(19)13(24-7-9-3-8(6-18)4-15-9)2-1-10-5-16(13)12(20)17(10)25-26(21,22)23/h8-10,15,18H,1-7H2,(H2,14,19)(H,21,22,23)/t8-,9+,10?,13?/m0/s1. The molecular weight excluding hydrogens is 372 g/mol. The number of carbonyl (C=O) groups excluding carboxylic acids is 2. The molecule has 2 unspecified atom stereocenters. The Bertz CT molecular complexity index is 688. The summed E-state index contributed by atoms with van der Waals surface area (Å²) in [5.74, 6) is -0.773. The van der Waals surface area contributed by atoms with Crippen LogP contribution in [0.25, 0.3) is 0 Å². The van der Waals surface area contributed by atoms with Crippen LogP contribution in [0.2, 0.25) is 0 Å².